The second-order valence-corrected chi connectivity index (χ2v) is 5.32. The summed E-state index contributed by atoms with van der Waals surface area (Å²) in [6.07, 6.45) is 4.00. The molecule has 0 spiro atoms. The van der Waals surface area contributed by atoms with Crippen LogP contribution in [0.5, 0.6) is 5.75 Å². The molecule has 0 unspecified atom stereocenters. The third kappa shape index (κ3) is 2.11. The lowest BCUT2D eigenvalue weighted by Crippen LogP contribution is -2.08. The summed E-state index contributed by atoms with van der Waals surface area (Å²) in [6.45, 7) is 0. The molecule has 0 saturated heterocycles. The lowest BCUT2D eigenvalue weighted by Gasteiger charge is -2.25. The Morgan fingerprint density at radius 2 is 1.61 bits per heavy atom. The fourth-order valence-corrected chi connectivity index (χ4v) is 2.50. The van der Waals surface area contributed by atoms with Crippen molar-refractivity contribution in [2.45, 2.75) is 25.2 Å². The van der Waals surface area contributed by atoms with Crippen LogP contribution in [0, 0.1) is 0 Å². The maximum Gasteiger partial charge on any atom is 0.134 e. The molecule has 92 valence electrons. The topological polar surface area (TPSA) is 20.2 Å². The van der Waals surface area contributed by atoms with Gasteiger partial charge in [0.15, 0.2) is 0 Å². The molecular formula is C16H15ClO. The molecule has 1 aliphatic carbocycles. The predicted octanol–water partition coefficient (Wildman–Crippen LogP) is 4.98. The highest BCUT2D eigenvalue weighted by atomic mass is 35.5. The van der Waals surface area contributed by atoms with Gasteiger partial charge in [-0.05, 0) is 47.6 Å². The number of rotatable bonds is 2. The first-order valence-corrected chi connectivity index (χ1v) is 6.71. The van der Waals surface area contributed by atoms with E-state index in [0.29, 0.717) is 5.02 Å². The summed E-state index contributed by atoms with van der Waals surface area (Å²) >= 11 is 5.81. The summed E-state index contributed by atoms with van der Waals surface area (Å²) in [5.74, 6) is 0.898. The van der Waals surface area contributed by atoms with Gasteiger partial charge < -0.3 is 5.11 Å². The molecule has 0 bridgehead atoms. The Morgan fingerprint density at radius 1 is 0.944 bits per heavy atom. The molecule has 0 radical (unpaired) electrons. The number of aromatic hydroxyl groups is 1. The van der Waals surface area contributed by atoms with Crippen molar-refractivity contribution in [3.05, 3.63) is 53.1 Å². The third-order valence-electron chi connectivity index (χ3n) is 3.77. The van der Waals surface area contributed by atoms with Crippen LogP contribution in [0.25, 0.3) is 11.1 Å². The van der Waals surface area contributed by atoms with E-state index in [4.69, 9.17) is 11.6 Å². The van der Waals surface area contributed by atoms with Crippen molar-refractivity contribution in [1.29, 1.82) is 0 Å². The summed E-state index contributed by atoms with van der Waals surface area (Å²) in [7, 11) is 0. The third-order valence-corrected chi connectivity index (χ3v) is 4.09. The molecule has 1 saturated carbocycles. The van der Waals surface area contributed by atoms with E-state index in [1.807, 2.05) is 6.07 Å². The smallest absolute Gasteiger partial charge is 0.134 e. The van der Waals surface area contributed by atoms with Crippen molar-refractivity contribution in [2.24, 2.45) is 0 Å². The van der Waals surface area contributed by atoms with Gasteiger partial charge in [0, 0.05) is 0 Å². The minimum atomic E-state index is 0.136. The standard InChI is InChI=1S/C16H15ClO/c17-15-9-8-14(10-16(15)18)13-6-4-12(5-7-13)11-2-1-3-11/h4-11,18H,1-3H2. The van der Waals surface area contributed by atoms with E-state index in [0.717, 1.165) is 17.0 Å². The van der Waals surface area contributed by atoms with Gasteiger partial charge in [0.05, 0.1) is 5.02 Å². The fraction of sp³-hybridized carbons (Fsp3) is 0.250. The number of hydrogen-bond donors (Lipinski definition) is 1. The zero-order chi connectivity index (χ0) is 12.5. The largest absolute Gasteiger partial charge is 0.506 e. The minimum absolute atomic E-state index is 0.136. The highest BCUT2D eigenvalue weighted by Gasteiger charge is 2.18. The van der Waals surface area contributed by atoms with Crippen molar-refractivity contribution < 1.29 is 5.11 Å². The molecule has 2 aromatic carbocycles. The Morgan fingerprint density at radius 3 is 2.17 bits per heavy atom. The molecule has 1 N–H and O–H groups in total. The quantitative estimate of drug-likeness (QED) is 0.805. The summed E-state index contributed by atoms with van der Waals surface area (Å²) in [6, 6.07) is 14.0. The maximum absolute atomic E-state index is 9.62. The first-order chi connectivity index (χ1) is 8.74. The van der Waals surface area contributed by atoms with Crippen LogP contribution in [0.1, 0.15) is 30.7 Å². The van der Waals surface area contributed by atoms with Crippen LogP contribution < -0.4 is 0 Å². The van der Waals surface area contributed by atoms with Gasteiger partial charge in [0.2, 0.25) is 0 Å². The van der Waals surface area contributed by atoms with Crippen LogP contribution in [0.3, 0.4) is 0 Å². The Labute approximate surface area is 112 Å². The Kier molecular flexibility index (Phi) is 3.00. The Hall–Kier alpha value is -1.47. The molecule has 0 heterocycles. The molecule has 0 amide bonds. The zero-order valence-corrected chi connectivity index (χ0v) is 10.8. The SMILES string of the molecule is Oc1cc(-c2ccc(C3CCC3)cc2)ccc1Cl. The Bertz CT molecular complexity index is 556. The van der Waals surface area contributed by atoms with Crippen molar-refractivity contribution in [1.82, 2.24) is 0 Å². The normalized spacial score (nSPS) is 15.4. The minimum Gasteiger partial charge on any atom is -0.506 e. The van der Waals surface area contributed by atoms with Gasteiger partial charge >= 0.3 is 0 Å². The summed E-state index contributed by atoms with van der Waals surface area (Å²) in [5, 5.41) is 10.0. The molecule has 0 atom stereocenters. The monoisotopic (exact) mass is 258 g/mol. The number of phenolic OH excluding ortho intramolecular Hbond substituents is 1. The zero-order valence-electron chi connectivity index (χ0n) is 10.1. The first kappa shape index (κ1) is 11.6. The van der Waals surface area contributed by atoms with Gasteiger partial charge in [-0.15, -0.1) is 0 Å². The molecule has 3 rings (SSSR count). The van der Waals surface area contributed by atoms with Crippen LogP contribution >= 0.6 is 11.6 Å². The molecule has 1 aliphatic rings. The fourth-order valence-electron chi connectivity index (χ4n) is 2.38. The maximum atomic E-state index is 9.62. The second kappa shape index (κ2) is 4.66. The summed E-state index contributed by atoms with van der Waals surface area (Å²) < 4.78 is 0. The first-order valence-electron chi connectivity index (χ1n) is 6.33. The van der Waals surface area contributed by atoms with Gasteiger partial charge in [0.25, 0.3) is 0 Å². The highest BCUT2D eigenvalue weighted by molar-refractivity contribution is 6.32. The van der Waals surface area contributed by atoms with Crippen LogP contribution in [0.4, 0.5) is 0 Å². The molecule has 0 aliphatic heterocycles. The summed E-state index contributed by atoms with van der Waals surface area (Å²) in [5.41, 5.74) is 3.55. The van der Waals surface area contributed by atoms with E-state index < -0.39 is 0 Å². The van der Waals surface area contributed by atoms with E-state index in [1.165, 1.54) is 24.8 Å². The van der Waals surface area contributed by atoms with Gasteiger partial charge in [-0.25, -0.2) is 0 Å². The van der Waals surface area contributed by atoms with Crippen molar-refractivity contribution >= 4 is 11.6 Å². The molecule has 1 nitrogen and oxygen atoms in total. The molecular weight excluding hydrogens is 244 g/mol. The lowest BCUT2D eigenvalue weighted by atomic mass is 9.80. The Balaban J connectivity index is 1.89. The van der Waals surface area contributed by atoms with Crippen molar-refractivity contribution in [3.63, 3.8) is 0 Å². The van der Waals surface area contributed by atoms with E-state index in [9.17, 15) is 5.11 Å². The molecule has 2 heteroatoms. The number of phenols is 1. The number of halogens is 1. The summed E-state index contributed by atoms with van der Waals surface area (Å²) in [4.78, 5) is 0. The van der Waals surface area contributed by atoms with Gasteiger partial charge in [-0.2, -0.15) is 0 Å². The van der Waals surface area contributed by atoms with Crippen molar-refractivity contribution in [2.75, 3.05) is 0 Å². The molecule has 0 aromatic heterocycles. The average molecular weight is 259 g/mol. The van der Waals surface area contributed by atoms with E-state index in [2.05, 4.69) is 24.3 Å². The van der Waals surface area contributed by atoms with Gasteiger partial charge in [0.1, 0.15) is 5.75 Å². The number of benzene rings is 2. The highest BCUT2D eigenvalue weighted by Crippen LogP contribution is 2.37. The van der Waals surface area contributed by atoms with Crippen molar-refractivity contribution in [3.8, 4) is 16.9 Å². The lowest BCUT2D eigenvalue weighted by molar-refractivity contribution is 0.420. The molecule has 1 fully saturated rings. The van der Waals surface area contributed by atoms with Gasteiger partial charge in [-0.1, -0.05) is 48.4 Å². The second-order valence-electron chi connectivity index (χ2n) is 4.92. The van der Waals surface area contributed by atoms with E-state index >= 15 is 0 Å². The number of hydrogen-bond acceptors (Lipinski definition) is 1. The molecule has 18 heavy (non-hydrogen) atoms. The molecule has 2 aromatic rings. The van der Waals surface area contributed by atoms with Gasteiger partial charge in [-0.3, -0.25) is 0 Å². The van der Waals surface area contributed by atoms with Crippen LogP contribution in [-0.4, -0.2) is 5.11 Å². The van der Waals surface area contributed by atoms with Crippen LogP contribution in [0.15, 0.2) is 42.5 Å². The van der Waals surface area contributed by atoms with Crippen LogP contribution in [-0.2, 0) is 0 Å². The average Bonchev–Trinajstić information content (AvgIpc) is 2.32. The van der Waals surface area contributed by atoms with E-state index in [1.54, 1.807) is 12.1 Å². The van der Waals surface area contributed by atoms with E-state index in [-0.39, 0.29) is 5.75 Å². The predicted molar refractivity (Wildman–Crippen MR) is 75.1 cm³/mol. The van der Waals surface area contributed by atoms with Crippen LogP contribution in [0.2, 0.25) is 5.02 Å².